The summed E-state index contributed by atoms with van der Waals surface area (Å²) in [7, 11) is 1.84. The summed E-state index contributed by atoms with van der Waals surface area (Å²) >= 11 is 5.99. The van der Waals surface area contributed by atoms with Crippen LogP contribution in [0.2, 0.25) is 5.02 Å². The molecule has 0 aliphatic rings. The smallest absolute Gasteiger partial charge is 0.272 e. The molecule has 0 aliphatic carbocycles. The number of carbonyl (C=O) groups excluding carboxylic acids is 1. The second kappa shape index (κ2) is 6.27. The molecule has 4 nitrogen and oxygen atoms in total. The molecule has 0 N–H and O–H groups in total. The van der Waals surface area contributed by atoms with Gasteiger partial charge in [-0.3, -0.25) is 9.20 Å². The number of nitrogens with zero attached hydrogens (tertiary/aromatic N) is 3. The van der Waals surface area contributed by atoms with Crippen LogP contribution < -0.4 is 0 Å². The Balaban J connectivity index is 2.43. The normalized spacial score (nSPS) is 11.0. The van der Waals surface area contributed by atoms with Crippen LogP contribution in [-0.4, -0.2) is 33.8 Å². The molecule has 108 valence electrons. The van der Waals surface area contributed by atoms with E-state index < -0.39 is 0 Å². The van der Waals surface area contributed by atoms with E-state index in [-0.39, 0.29) is 5.91 Å². The van der Waals surface area contributed by atoms with Crippen molar-refractivity contribution in [2.45, 2.75) is 33.1 Å². The van der Waals surface area contributed by atoms with Crippen LogP contribution >= 0.6 is 11.6 Å². The molecular weight excluding hydrogens is 274 g/mol. The Morgan fingerprint density at radius 1 is 1.45 bits per heavy atom. The maximum Gasteiger partial charge on any atom is 0.272 e. The van der Waals surface area contributed by atoms with E-state index in [2.05, 4.69) is 11.9 Å². The fraction of sp³-hybridized carbons (Fsp3) is 0.467. The summed E-state index contributed by atoms with van der Waals surface area (Å²) in [4.78, 5) is 18.9. The van der Waals surface area contributed by atoms with Gasteiger partial charge in [0, 0.05) is 30.9 Å². The number of rotatable bonds is 5. The van der Waals surface area contributed by atoms with Crippen molar-refractivity contribution in [1.82, 2.24) is 14.3 Å². The fourth-order valence-corrected chi connectivity index (χ4v) is 2.37. The average molecular weight is 294 g/mol. The molecule has 0 atom stereocenters. The molecule has 0 bridgehead atoms. The van der Waals surface area contributed by atoms with Crippen molar-refractivity contribution in [3.8, 4) is 0 Å². The third kappa shape index (κ3) is 2.80. The van der Waals surface area contributed by atoms with Gasteiger partial charge in [0.2, 0.25) is 0 Å². The van der Waals surface area contributed by atoms with E-state index in [0.29, 0.717) is 10.7 Å². The average Bonchev–Trinajstić information content (AvgIpc) is 2.81. The predicted molar refractivity (Wildman–Crippen MR) is 81.4 cm³/mol. The predicted octanol–water partition coefficient (Wildman–Crippen LogP) is 3.42. The van der Waals surface area contributed by atoms with Crippen molar-refractivity contribution in [3.05, 3.63) is 34.7 Å². The SMILES string of the molecule is CCCCN(C)C(=O)c1c(CC)nc2cc(Cl)ccn12. The van der Waals surface area contributed by atoms with Gasteiger partial charge in [-0.1, -0.05) is 31.9 Å². The number of hydrogen-bond acceptors (Lipinski definition) is 2. The van der Waals surface area contributed by atoms with E-state index in [1.807, 2.05) is 24.6 Å². The monoisotopic (exact) mass is 293 g/mol. The number of aryl methyl sites for hydroxylation is 1. The lowest BCUT2D eigenvalue weighted by atomic mass is 10.2. The zero-order valence-electron chi connectivity index (χ0n) is 12.2. The highest BCUT2D eigenvalue weighted by Gasteiger charge is 2.21. The Labute approximate surface area is 124 Å². The van der Waals surface area contributed by atoms with Gasteiger partial charge in [-0.15, -0.1) is 0 Å². The van der Waals surface area contributed by atoms with Crippen molar-refractivity contribution in [1.29, 1.82) is 0 Å². The highest BCUT2D eigenvalue weighted by atomic mass is 35.5. The lowest BCUT2D eigenvalue weighted by Crippen LogP contribution is -2.29. The quantitative estimate of drug-likeness (QED) is 0.847. The van der Waals surface area contributed by atoms with Crippen LogP contribution in [0.3, 0.4) is 0 Å². The van der Waals surface area contributed by atoms with Gasteiger partial charge in [-0.05, 0) is 18.9 Å². The summed E-state index contributed by atoms with van der Waals surface area (Å²) < 4.78 is 1.83. The summed E-state index contributed by atoms with van der Waals surface area (Å²) in [5.41, 5.74) is 2.19. The minimum Gasteiger partial charge on any atom is -0.340 e. The molecule has 0 aromatic carbocycles. The van der Waals surface area contributed by atoms with Crippen LogP contribution in [0.5, 0.6) is 0 Å². The molecule has 2 aromatic rings. The molecule has 1 amide bonds. The van der Waals surface area contributed by atoms with Crippen molar-refractivity contribution < 1.29 is 4.79 Å². The van der Waals surface area contributed by atoms with Gasteiger partial charge in [0.15, 0.2) is 0 Å². The first-order chi connectivity index (χ1) is 9.58. The number of amides is 1. The topological polar surface area (TPSA) is 37.6 Å². The largest absolute Gasteiger partial charge is 0.340 e. The molecule has 0 spiro atoms. The van der Waals surface area contributed by atoms with Gasteiger partial charge in [0.1, 0.15) is 11.3 Å². The van der Waals surface area contributed by atoms with Crippen molar-refractivity contribution in [2.75, 3.05) is 13.6 Å². The Morgan fingerprint density at radius 2 is 2.20 bits per heavy atom. The number of aromatic nitrogens is 2. The molecule has 0 aliphatic heterocycles. The first kappa shape index (κ1) is 14.9. The van der Waals surface area contributed by atoms with Crippen molar-refractivity contribution in [2.24, 2.45) is 0 Å². The maximum absolute atomic E-state index is 12.6. The van der Waals surface area contributed by atoms with E-state index >= 15 is 0 Å². The zero-order chi connectivity index (χ0) is 14.7. The first-order valence-electron chi connectivity index (χ1n) is 7.00. The number of halogens is 1. The standard InChI is InChI=1S/C15H20ClN3O/c1-4-6-8-18(3)15(20)14-12(5-2)17-13-10-11(16)7-9-19(13)14/h7,9-10H,4-6,8H2,1-3H3. The van der Waals surface area contributed by atoms with E-state index in [0.717, 1.165) is 37.1 Å². The van der Waals surface area contributed by atoms with Gasteiger partial charge in [0.25, 0.3) is 5.91 Å². The minimum atomic E-state index is 0.0186. The van der Waals surface area contributed by atoms with Gasteiger partial charge in [-0.2, -0.15) is 0 Å². The number of hydrogen-bond donors (Lipinski definition) is 0. The Hall–Kier alpha value is -1.55. The highest BCUT2D eigenvalue weighted by Crippen LogP contribution is 2.19. The molecule has 5 heteroatoms. The number of carbonyl (C=O) groups is 1. The van der Waals surface area contributed by atoms with E-state index in [9.17, 15) is 4.79 Å². The highest BCUT2D eigenvalue weighted by molar-refractivity contribution is 6.30. The van der Waals surface area contributed by atoms with Crippen LogP contribution in [0.4, 0.5) is 0 Å². The molecule has 20 heavy (non-hydrogen) atoms. The van der Waals surface area contributed by atoms with Gasteiger partial charge in [0.05, 0.1) is 5.69 Å². The number of fused-ring (bicyclic) bond motifs is 1. The third-order valence-electron chi connectivity index (χ3n) is 3.39. The van der Waals surface area contributed by atoms with Gasteiger partial charge < -0.3 is 4.90 Å². The first-order valence-corrected chi connectivity index (χ1v) is 7.38. The summed E-state index contributed by atoms with van der Waals surface area (Å²) in [6, 6.07) is 3.56. The molecule has 0 saturated heterocycles. The molecule has 0 radical (unpaired) electrons. The Morgan fingerprint density at radius 3 is 2.85 bits per heavy atom. The zero-order valence-corrected chi connectivity index (χ0v) is 12.9. The van der Waals surface area contributed by atoms with Crippen LogP contribution in [0, 0.1) is 0 Å². The lowest BCUT2D eigenvalue weighted by Gasteiger charge is -2.17. The molecule has 0 unspecified atom stereocenters. The molecule has 2 rings (SSSR count). The Bertz CT molecular complexity index is 621. The molecule has 0 saturated carbocycles. The summed E-state index contributed by atoms with van der Waals surface area (Å²) in [6.07, 6.45) is 4.61. The minimum absolute atomic E-state index is 0.0186. The van der Waals surface area contributed by atoms with Gasteiger partial charge in [-0.25, -0.2) is 4.98 Å². The van der Waals surface area contributed by atoms with Crippen molar-refractivity contribution >= 4 is 23.2 Å². The Kier molecular flexibility index (Phi) is 4.65. The molecular formula is C15H20ClN3O. The number of imidazole rings is 1. The van der Waals surface area contributed by atoms with E-state index in [1.165, 1.54) is 0 Å². The third-order valence-corrected chi connectivity index (χ3v) is 3.63. The molecule has 2 aromatic heterocycles. The van der Waals surface area contributed by atoms with Crippen LogP contribution in [0.1, 0.15) is 42.9 Å². The van der Waals surface area contributed by atoms with Gasteiger partial charge >= 0.3 is 0 Å². The second-order valence-corrected chi connectivity index (χ2v) is 5.35. The maximum atomic E-state index is 12.6. The summed E-state index contributed by atoms with van der Waals surface area (Å²) in [6.45, 7) is 4.89. The summed E-state index contributed by atoms with van der Waals surface area (Å²) in [5.74, 6) is 0.0186. The lowest BCUT2D eigenvalue weighted by molar-refractivity contribution is 0.0785. The number of unbranched alkanes of at least 4 members (excludes halogenated alkanes) is 1. The molecule has 0 fully saturated rings. The van der Waals surface area contributed by atoms with Crippen LogP contribution in [0.15, 0.2) is 18.3 Å². The summed E-state index contributed by atoms with van der Waals surface area (Å²) in [5, 5.41) is 0.628. The number of pyridine rings is 1. The second-order valence-electron chi connectivity index (χ2n) is 4.91. The fourth-order valence-electron chi connectivity index (χ4n) is 2.22. The molecule has 2 heterocycles. The van der Waals surface area contributed by atoms with E-state index in [1.54, 1.807) is 17.0 Å². The van der Waals surface area contributed by atoms with E-state index in [4.69, 9.17) is 11.6 Å². The van der Waals surface area contributed by atoms with Crippen LogP contribution in [0.25, 0.3) is 5.65 Å². The van der Waals surface area contributed by atoms with Crippen LogP contribution in [-0.2, 0) is 6.42 Å². The van der Waals surface area contributed by atoms with Crippen molar-refractivity contribution in [3.63, 3.8) is 0 Å².